The summed E-state index contributed by atoms with van der Waals surface area (Å²) in [6, 6.07) is 16.6. The SMILES string of the molecule is CN(Cc1ccc2c(c1F)C(=O)N(C1CCC(=O)NC1=O)C2=O)C1CCN(c2ccc(C(=O)Nc3n[nH]c4ccc(Cc5cc(F)cc(F)c5)cc34)c(NC3CCOCC3)c2)CC1. The molecule has 14 nitrogen and oxygen atoms in total. The van der Waals surface area contributed by atoms with Crippen molar-refractivity contribution in [2.75, 3.05) is 48.9 Å². The molecule has 4 aromatic carbocycles. The van der Waals surface area contributed by atoms with Crippen LogP contribution in [-0.4, -0.2) is 101 Å². The molecule has 0 bridgehead atoms. The van der Waals surface area contributed by atoms with Crippen molar-refractivity contribution in [2.45, 2.75) is 69.6 Å². The standard InChI is InChI=1S/C46H45F3N8O6/c1-55(24-27-3-5-34-40(41(27)49)46(62)57(45(34)61)38-8-9-39(58)51-44(38)60)31-10-14-56(15-11-31)32-4-6-33(37(23-32)50-30-12-16-63-17-13-30)43(59)52-42-35-21-25(2-7-36(35)53-54-42)18-26-19-28(47)22-29(48)20-26/h2-7,19-23,30-31,38,50H,8-18,24H2,1H3,(H,51,58,60)(H2,52,53,54,59). The Kier molecular flexibility index (Phi) is 11.5. The van der Waals surface area contributed by atoms with Crippen LogP contribution in [0.4, 0.5) is 30.4 Å². The summed E-state index contributed by atoms with van der Waals surface area (Å²) in [5.74, 6) is -5.01. The third-order valence-electron chi connectivity index (χ3n) is 12.5. The first-order valence-electron chi connectivity index (χ1n) is 21.1. The van der Waals surface area contributed by atoms with E-state index in [2.05, 4.69) is 31.0 Å². The third-order valence-corrected chi connectivity index (χ3v) is 12.5. The molecular weight excluding hydrogens is 818 g/mol. The van der Waals surface area contributed by atoms with Crippen molar-refractivity contribution in [1.29, 1.82) is 0 Å². The Morgan fingerprint density at radius 2 is 1.63 bits per heavy atom. The molecule has 4 aliphatic heterocycles. The number of hydrogen-bond donors (Lipinski definition) is 4. The van der Waals surface area contributed by atoms with Crippen molar-refractivity contribution in [3.05, 3.63) is 118 Å². The highest BCUT2D eigenvalue weighted by Gasteiger charge is 2.46. The molecule has 5 aromatic rings. The van der Waals surface area contributed by atoms with Crippen LogP contribution in [0.25, 0.3) is 10.9 Å². The number of imide groups is 2. The van der Waals surface area contributed by atoms with E-state index in [-0.39, 0.29) is 60.5 Å². The van der Waals surface area contributed by atoms with Crippen molar-refractivity contribution in [1.82, 2.24) is 25.3 Å². The number of anilines is 3. The number of aromatic amines is 1. The summed E-state index contributed by atoms with van der Waals surface area (Å²) in [5, 5.41) is 16.7. The lowest BCUT2D eigenvalue weighted by Gasteiger charge is -2.38. The number of ether oxygens (including phenoxy) is 1. The fourth-order valence-electron chi connectivity index (χ4n) is 9.14. The average Bonchev–Trinajstić information content (AvgIpc) is 3.77. The molecule has 1 aromatic heterocycles. The fourth-order valence-corrected chi connectivity index (χ4v) is 9.14. The zero-order valence-electron chi connectivity index (χ0n) is 34.4. The van der Waals surface area contributed by atoms with Gasteiger partial charge in [-0.2, -0.15) is 5.10 Å². The number of nitrogens with one attached hydrogen (secondary N) is 4. The van der Waals surface area contributed by atoms with Crippen LogP contribution in [0.15, 0.2) is 66.7 Å². The molecule has 3 fully saturated rings. The zero-order valence-corrected chi connectivity index (χ0v) is 34.4. The molecule has 0 aliphatic carbocycles. The van der Waals surface area contributed by atoms with Crippen molar-refractivity contribution in [2.24, 2.45) is 0 Å². The van der Waals surface area contributed by atoms with E-state index in [1.54, 1.807) is 6.07 Å². The Labute approximate surface area is 360 Å². The summed E-state index contributed by atoms with van der Waals surface area (Å²) in [6.45, 7) is 2.76. The van der Waals surface area contributed by atoms with E-state index >= 15 is 4.39 Å². The molecule has 9 rings (SSSR count). The summed E-state index contributed by atoms with van der Waals surface area (Å²) < 4.78 is 49.4. The van der Waals surface area contributed by atoms with Gasteiger partial charge in [0.2, 0.25) is 11.8 Å². The van der Waals surface area contributed by atoms with Gasteiger partial charge in [0.25, 0.3) is 17.7 Å². The first-order valence-corrected chi connectivity index (χ1v) is 21.1. The molecule has 4 N–H and O–H groups in total. The van der Waals surface area contributed by atoms with Crippen LogP contribution in [0, 0.1) is 17.5 Å². The second-order valence-corrected chi connectivity index (χ2v) is 16.7. The van der Waals surface area contributed by atoms with Crippen LogP contribution in [0.1, 0.15) is 86.3 Å². The predicted molar refractivity (Wildman–Crippen MR) is 227 cm³/mol. The summed E-state index contributed by atoms with van der Waals surface area (Å²) in [5.41, 5.74) is 3.79. The lowest BCUT2D eigenvalue weighted by molar-refractivity contribution is -0.136. The van der Waals surface area contributed by atoms with Gasteiger partial charge < -0.3 is 20.3 Å². The average molecular weight is 863 g/mol. The summed E-state index contributed by atoms with van der Waals surface area (Å²) in [7, 11) is 1.90. The van der Waals surface area contributed by atoms with Crippen LogP contribution in [0.5, 0.6) is 0 Å². The van der Waals surface area contributed by atoms with Gasteiger partial charge >= 0.3 is 0 Å². The lowest BCUT2D eigenvalue weighted by Crippen LogP contribution is -2.54. The molecule has 63 heavy (non-hydrogen) atoms. The molecule has 1 atom stereocenters. The Morgan fingerprint density at radius 3 is 2.38 bits per heavy atom. The molecule has 0 radical (unpaired) electrons. The number of amides is 5. The number of aromatic nitrogens is 2. The Hall–Kier alpha value is -6.59. The summed E-state index contributed by atoms with van der Waals surface area (Å²) >= 11 is 0. The van der Waals surface area contributed by atoms with Gasteiger partial charge in [-0.1, -0.05) is 12.1 Å². The second kappa shape index (κ2) is 17.3. The Bertz CT molecular complexity index is 2640. The monoisotopic (exact) mass is 862 g/mol. The molecule has 17 heteroatoms. The Balaban J connectivity index is 0.874. The number of hydrogen-bond acceptors (Lipinski definition) is 10. The van der Waals surface area contributed by atoms with Gasteiger partial charge in [0, 0.05) is 79.7 Å². The van der Waals surface area contributed by atoms with Gasteiger partial charge in [0.1, 0.15) is 23.5 Å². The minimum absolute atomic E-state index is 0.0160. The second-order valence-electron chi connectivity index (χ2n) is 16.7. The van der Waals surface area contributed by atoms with Gasteiger partial charge in [0.05, 0.1) is 22.2 Å². The number of benzene rings is 4. The van der Waals surface area contributed by atoms with E-state index < -0.39 is 47.1 Å². The highest BCUT2D eigenvalue weighted by atomic mass is 19.1. The van der Waals surface area contributed by atoms with Crippen LogP contribution >= 0.6 is 0 Å². The quantitative estimate of drug-likeness (QED) is 0.117. The first kappa shape index (κ1) is 41.7. The van der Waals surface area contributed by atoms with Crippen LogP contribution in [0.2, 0.25) is 0 Å². The van der Waals surface area contributed by atoms with Gasteiger partial charge in [0.15, 0.2) is 5.82 Å². The molecule has 326 valence electrons. The number of fused-ring (bicyclic) bond motifs is 2. The van der Waals surface area contributed by atoms with Crippen LogP contribution in [-0.2, 0) is 27.3 Å². The van der Waals surface area contributed by atoms with Crippen molar-refractivity contribution in [3.8, 4) is 0 Å². The van der Waals surface area contributed by atoms with E-state index in [1.807, 2.05) is 42.3 Å². The molecule has 0 saturated carbocycles. The number of halogens is 3. The minimum atomic E-state index is -1.18. The van der Waals surface area contributed by atoms with Gasteiger partial charge in [-0.25, -0.2) is 13.2 Å². The summed E-state index contributed by atoms with van der Waals surface area (Å²) in [6.07, 6.45) is 3.28. The molecular formula is C46H45F3N8O6. The molecule has 5 heterocycles. The van der Waals surface area contributed by atoms with Gasteiger partial charge in [-0.3, -0.25) is 44.2 Å². The highest BCUT2D eigenvalue weighted by molar-refractivity contribution is 6.23. The molecule has 0 spiro atoms. The van der Waals surface area contributed by atoms with Crippen LogP contribution in [0.3, 0.4) is 0 Å². The highest BCUT2D eigenvalue weighted by Crippen LogP contribution is 2.34. The zero-order chi connectivity index (χ0) is 43.9. The maximum atomic E-state index is 16.0. The molecule has 3 saturated heterocycles. The number of carbonyl (C=O) groups excluding carboxylic acids is 5. The fraction of sp³-hybridized carbons (Fsp3) is 0.348. The topological polar surface area (TPSA) is 169 Å². The molecule has 1 unspecified atom stereocenters. The Morgan fingerprint density at radius 1 is 0.873 bits per heavy atom. The normalized spacial score (nSPS) is 18.7. The van der Waals surface area contributed by atoms with Gasteiger partial charge in [-0.05, 0) is 105 Å². The van der Waals surface area contributed by atoms with Gasteiger partial charge in [-0.15, -0.1) is 0 Å². The first-order chi connectivity index (χ1) is 30.4. The van der Waals surface area contributed by atoms with Crippen molar-refractivity contribution < 1.29 is 41.9 Å². The van der Waals surface area contributed by atoms with Crippen molar-refractivity contribution in [3.63, 3.8) is 0 Å². The minimum Gasteiger partial charge on any atom is -0.381 e. The number of H-pyrrole nitrogens is 1. The van der Waals surface area contributed by atoms with E-state index in [1.165, 1.54) is 24.3 Å². The van der Waals surface area contributed by atoms with Crippen molar-refractivity contribution >= 4 is 57.6 Å². The summed E-state index contributed by atoms with van der Waals surface area (Å²) in [4.78, 5) is 69.8. The number of piperidine rings is 2. The van der Waals surface area contributed by atoms with E-state index in [0.717, 1.165) is 47.9 Å². The van der Waals surface area contributed by atoms with E-state index in [0.29, 0.717) is 59.8 Å². The van der Waals surface area contributed by atoms with Crippen LogP contribution < -0.4 is 20.9 Å². The maximum Gasteiger partial charge on any atom is 0.265 e. The number of nitrogens with zero attached hydrogens (tertiary/aromatic N) is 4. The predicted octanol–water partition coefficient (Wildman–Crippen LogP) is 5.92. The lowest BCUT2D eigenvalue weighted by atomic mass is 10.00. The number of rotatable bonds is 11. The van der Waals surface area contributed by atoms with E-state index in [9.17, 15) is 32.8 Å². The largest absolute Gasteiger partial charge is 0.381 e. The number of carbonyl (C=O) groups is 5. The molecule has 4 aliphatic rings. The third kappa shape index (κ3) is 8.49. The maximum absolute atomic E-state index is 16.0. The smallest absolute Gasteiger partial charge is 0.265 e. The van der Waals surface area contributed by atoms with E-state index in [4.69, 9.17) is 4.74 Å². The molecule has 5 amide bonds.